The van der Waals surface area contributed by atoms with Crippen molar-refractivity contribution in [2.75, 3.05) is 19.8 Å². The van der Waals surface area contributed by atoms with Gasteiger partial charge in [-0.1, -0.05) is 0 Å². The Labute approximate surface area is 162 Å². The summed E-state index contributed by atoms with van der Waals surface area (Å²) >= 11 is 0. The number of hydrogen-bond acceptors (Lipinski definition) is 6. The molecule has 5 aliphatic rings. The summed E-state index contributed by atoms with van der Waals surface area (Å²) in [6.07, 6.45) is 7.68. The highest BCUT2D eigenvalue weighted by molar-refractivity contribution is 5.01. The van der Waals surface area contributed by atoms with Gasteiger partial charge in [0.1, 0.15) is 6.10 Å². The van der Waals surface area contributed by atoms with Crippen LogP contribution in [0.2, 0.25) is 0 Å². The summed E-state index contributed by atoms with van der Waals surface area (Å²) in [5, 5.41) is 42.3. The average molecular weight is 384 g/mol. The fourth-order valence-corrected chi connectivity index (χ4v) is 6.89. The fraction of sp³-hybridized carbons (Fsp3) is 1.00. The van der Waals surface area contributed by atoms with Crippen molar-refractivity contribution in [1.82, 2.24) is 5.32 Å². The lowest BCUT2D eigenvalue weighted by molar-refractivity contribution is -0.120. The zero-order valence-corrected chi connectivity index (χ0v) is 16.3. The molecule has 5 rings (SSSR count). The van der Waals surface area contributed by atoms with E-state index in [1.54, 1.807) is 0 Å². The Bertz CT molecular complexity index is 464. The van der Waals surface area contributed by atoms with Crippen molar-refractivity contribution >= 4 is 0 Å². The van der Waals surface area contributed by atoms with Crippen LogP contribution in [0.5, 0.6) is 0 Å². The molecule has 5 N–H and O–H groups in total. The monoisotopic (exact) mass is 383 g/mol. The number of hydrogen-bond donors (Lipinski definition) is 5. The van der Waals surface area contributed by atoms with Crippen LogP contribution in [-0.4, -0.2) is 70.6 Å². The molecular weight excluding hydrogens is 346 g/mol. The summed E-state index contributed by atoms with van der Waals surface area (Å²) in [5.41, 5.74) is 0.463. The van der Waals surface area contributed by atoms with Crippen LogP contribution in [0.1, 0.15) is 57.8 Å². The van der Waals surface area contributed by atoms with Gasteiger partial charge in [-0.25, -0.2) is 0 Å². The van der Waals surface area contributed by atoms with E-state index in [9.17, 15) is 20.4 Å². The number of nitrogens with one attached hydrogen (secondary N) is 1. The van der Waals surface area contributed by atoms with Gasteiger partial charge in [-0.3, -0.25) is 0 Å². The largest absolute Gasteiger partial charge is 0.395 e. The van der Waals surface area contributed by atoms with Crippen molar-refractivity contribution in [3.05, 3.63) is 0 Å². The molecule has 1 saturated heterocycles. The molecule has 0 aromatic carbocycles. The highest BCUT2D eigenvalue weighted by Gasteiger charge is 2.50. The highest BCUT2D eigenvalue weighted by atomic mass is 16.5. The second-order valence-corrected chi connectivity index (χ2v) is 10.00. The fourth-order valence-electron chi connectivity index (χ4n) is 6.89. The first kappa shape index (κ1) is 20.0. The van der Waals surface area contributed by atoms with Crippen LogP contribution in [0, 0.1) is 23.2 Å². The van der Waals surface area contributed by atoms with Crippen LogP contribution in [0.25, 0.3) is 0 Å². The molecule has 6 nitrogen and oxygen atoms in total. The third-order valence-electron chi connectivity index (χ3n) is 7.78. The summed E-state index contributed by atoms with van der Waals surface area (Å²) in [7, 11) is 0. The van der Waals surface area contributed by atoms with Gasteiger partial charge in [-0.05, 0) is 81.0 Å². The number of unbranched alkanes of at least 4 members (excludes halogenated alkanes) is 1. The van der Waals surface area contributed by atoms with Gasteiger partial charge in [0.15, 0.2) is 0 Å². The van der Waals surface area contributed by atoms with Crippen LogP contribution in [0.3, 0.4) is 0 Å². The van der Waals surface area contributed by atoms with Gasteiger partial charge in [0.05, 0.1) is 31.5 Å². The number of piperidine rings is 1. The molecule has 6 heteroatoms. The molecule has 4 bridgehead atoms. The Kier molecular flexibility index (Phi) is 6.12. The number of aliphatic hydroxyl groups excluding tert-OH is 4. The van der Waals surface area contributed by atoms with E-state index >= 15 is 0 Å². The molecule has 5 atom stereocenters. The van der Waals surface area contributed by atoms with E-state index in [2.05, 4.69) is 5.32 Å². The number of ether oxygens (including phenoxy) is 1. The van der Waals surface area contributed by atoms with E-state index in [1.807, 2.05) is 0 Å². The Morgan fingerprint density at radius 3 is 2.00 bits per heavy atom. The van der Waals surface area contributed by atoms with E-state index in [0.717, 1.165) is 43.8 Å². The molecule has 5 fully saturated rings. The van der Waals surface area contributed by atoms with Crippen LogP contribution in [-0.2, 0) is 4.74 Å². The Morgan fingerprint density at radius 1 is 0.815 bits per heavy atom. The van der Waals surface area contributed by atoms with Gasteiger partial charge < -0.3 is 30.5 Å². The maximum Gasteiger partial charge on any atom is 0.109 e. The first-order valence-electron chi connectivity index (χ1n) is 11.0. The second-order valence-electron chi connectivity index (χ2n) is 10.00. The highest BCUT2D eigenvalue weighted by Crippen LogP contribution is 2.60. The van der Waals surface area contributed by atoms with Crippen molar-refractivity contribution in [3.63, 3.8) is 0 Å². The zero-order valence-electron chi connectivity index (χ0n) is 16.3. The molecule has 1 heterocycles. The van der Waals surface area contributed by atoms with Crippen molar-refractivity contribution in [2.24, 2.45) is 23.2 Å². The first-order valence-corrected chi connectivity index (χ1v) is 11.0. The zero-order chi connectivity index (χ0) is 19.0. The molecule has 0 spiro atoms. The van der Waals surface area contributed by atoms with Gasteiger partial charge in [0.25, 0.3) is 0 Å². The van der Waals surface area contributed by atoms with Crippen molar-refractivity contribution in [3.8, 4) is 0 Å². The summed E-state index contributed by atoms with van der Waals surface area (Å²) in [5.74, 6) is 2.87. The first-order chi connectivity index (χ1) is 13.0. The van der Waals surface area contributed by atoms with Crippen LogP contribution < -0.4 is 5.32 Å². The molecule has 156 valence electrons. The maximum atomic E-state index is 10.1. The van der Waals surface area contributed by atoms with Gasteiger partial charge in [-0.15, -0.1) is 0 Å². The minimum absolute atomic E-state index is 0.254. The van der Waals surface area contributed by atoms with Crippen LogP contribution in [0.4, 0.5) is 0 Å². The van der Waals surface area contributed by atoms with E-state index in [4.69, 9.17) is 4.74 Å². The lowest BCUT2D eigenvalue weighted by atomic mass is 9.50. The predicted molar refractivity (Wildman–Crippen MR) is 101 cm³/mol. The minimum Gasteiger partial charge on any atom is -0.395 e. The van der Waals surface area contributed by atoms with Gasteiger partial charge in [-0.2, -0.15) is 0 Å². The van der Waals surface area contributed by atoms with E-state index in [1.165, 1.54) is 38.5 Å². The van der Waals surface area contributed by atoms with Crippen molar-refractivity contribution in [1.29, 1.82) is 0 Å². The standard InChI is InChI=1S/C21H37NO5/c23-11-17-19(25)20(26)18(24)16(22-17)3-1-2-4-27-12-21-8-13-5-14(9-21)7-15(6-13)10-21/h13-20,22-26H,1-12H2/t13?,14?,15?,16-,17-,18+,19-,20-,21?/m1/s1. The number of aliphatic hydroxyl groups is 4. The molecule has 4 saturated carbocycles. The molecule has 1 aliphatic heterocycles. The average Bonchev–Trinajstić information content (AvgIpc) is 2.63. The molecule has 0 unspecified atom stereocenters. The summed E-state index contributed by atoms with van der Waals surface area (Å²) < 4.78 is 6.10. The molecule has 4 aliphatic carbocycles. The normalized spacial score (nSPS) is 48.9. The topological polar surface area (TPSA) is 102 Å². The SMILES string of the molecule is OC[C@H]1N[C@H](CCCCOCC23CC4CC(CC(C4)C2)C3)[C@H](O)[C@@H](O)[C@@H]1O. The molecule has 0 radical (unpaired) electrons. The Hall–Kier alpha value is -0.240. The van der Waals surface area contributed by atoms with E-state index in [0.29, 0.717) is 11.8 Å². The molecule has 27 heavy (non-hydrogen) atoms. The Morgan fingerprint density at radius 2 is 1.41 bits per heavy atom. The third kappa shape index (κ3) is 4.21. The molecular formula is C21H37NO5. The quantitative estimate of drug-likeness (QED) is 0.398. The van der Waals surface area contributed by atoms with Crippen LogP contribution >= 0.6 is 0 Å². The molecule has 0 amide bonds. The smallest absolute Gasteiger partial charge is 0.109 e. The summed E-state index contributed by atoms with van der Waals surface area (Å²) in [6.45, 7) is 1.41. The predicted octanol–water partition coefficient (Wildman–Crippen LogP) is 0.805. The Balaban J connectivity index is 1.15. The van der Waals surface area contributed by atoms with Gasteiger partial charge in [0, 0.05) is 12.6 Å². The van der Waals surface area contributed by atoms with Crippen molar-refractivity contribution < 1.29 is 25.2 Å². The second kappa shape index (κ2) is 8.25. The van der Waals surface area contributed by atoms with E-state index < -0.39 is 24.4 Å². The summed E-state index contributed by atoms with van der Waals surface area (Å²) in [6, 6.07) is -0.885. The third-order valence-corrected chi connectivity index (χ3v) is 7.78. The molecule has 0 aromatic rings. The lowest BCUT2D eigenvalue weighted by Crippen LogP contribution is -2.65. The van der Waals surface area contributed by atoms with E-state index in [-0.39, 0.29) is 12.6 Å². The molecule has 0 aromatic heterocycles. The van der Waals surface area contributed by atoms with Crippen LogP contribution in [0.15, 0.2) is 0 Å². The van der Waals surface area contributed by atoms with Crippen molar-refractivity contribution in [2.45, 2.75) is 88.2 Å². The maximum absolute atomic E-state index is 10.1. The lowest BCUT2D eigenvalue weighted by Gasteiger charge is -2.56. The van der Waals surface area contributed by atoms with Gasteiger partial charge in [0.2, 0.25) is 0 Å². The minimum atomic E-state index is -1.21. The summed E-state index contributed by atoms with van der Waals surface area (Å²) in [4.78, 5) is 0. The van der Waals surface area contributed by atoms with Gasteiger partial charge >= 0.3 is 0 Å². The number of rotatable bonds is 8.